The smallest absolute Gasteiger partial charge is 0.242 e. The van der Waals surface area contributed by atoms with E-state index >= 15 is 0 Å². The zero-order valence-electron chi connectivity index (χ0n) is 26.5. The molecule has 0 saturated heterocycles. The SMILES string of the molecule is CN(CC(N)=O)C(=O)CNC(=O)CN(C)C(=O)CNC(=O)CN(C)C(=O)CNC(=O)CN(C)C(=O)CNC(=O)CN(C)C(=O)CN. The van der Waals surface area contributed by atoms with Crippen molar-refractivity contribution in [2.75, 3.05) is 101 Å². The largest absolute Gasteiger partial charge is 0.368 e. The van der Waals surface area contributed by atoms with Gasteiger partial charge in [-0.25, -0.2) is 0 Å². The summed E-state index contributed by atoms with van der Waals surface area (Å²) in [6, 6.07) is 0. The summed E-state index contributed by atoms with van der Waals surface area (Å²) in [6.45, 7) is -4.08. The normalized spacial score (nSPS) is 10.0. The number of nitrogens with one attached hydrogen (secondary N) is 4. The highest BCUT2D eigenvalue weighted by molar-refractivity contribution is 5.93. The van der Waals surface area contributed by atoms with Gasteiger partial charge in [-0.2, -0.15) is 0 Å². The lowest BCUT2D eigenvalue weighted by Crippen LogP contribution is -2.48. The van der Waals surface area contributed by atoms with Crippen LogP contribution >= 0.6 is 0 Å². The summed E-state index contributed by atoms with van der Waals surface area (Å²) in [7, 11) is 6.58. The molecule has 0 aliphatic rings. The second-order valence-electron chi connectivity index (χ2n) is 10.0. The molecule has 0 saturated carbocycles. The summed E-state index contributed by atoms with van der Waals surface area (Å²) in [5.41, 5.74) is 10.2. The van der Waals surface area contributed by atoms with E-state index in [4.69, 9.17) is 11.5 Å². The summed E-state index contributed by atoms with van der Waals surface area (Å²) >= 11 is 0. The molecule has 0 aliphatic heterocycles. The number of rotatable bonds is 19. The number of amides is 10. The van der Waals surface area contributed by atoms with E-state index in [-0.39, 0.29) is 19.6 Å². The highest BCUT2D eigenvalue weighted by atomic mass is 16.2. The van der Waals surface area contributed by atoms with Crippen molar-refractivity contribution < 1.29 is 47.9 Å². The minimum Gasteiger partial charge on any atom is -0.368 e. The number of hydrogen-bond acceptors (Lipinski definition) is 11. The minimum atomic E-state index is -0.725. The van der Waals surface area contributed by atoms with E-state index in [0.29, 0.717) is 0 Å². The first-order chi connectivity index (χ1) is 21.4. The third kappa shape index (κ3) is 17.1. The average molecular weight is 658 g/mol. The fraction of sp³-hybridized carbons (Fsp3) is 0.600. The molecule has 0 spiro atoms. The van der Waals surface area contributed by atoms with Crippen LogP contribution < -0.4 is 32.7 Å². The molecule has 46 heavy (non-hydrogen) atoms. The van der Waals surface area contributed by atoms with Gasteiger partial charge in [-0.3, -0.25) is 47.9 Å². The average Bonchev–Trinajstić information content (AvgIpc) is 2.98. The maximum Gasteiger partial charge on any atom is 0.242 e. The second kappa shape index (κ2) is 20.6. The Balaban J connectivity index is 4.41. The molecule has 0 bridgehead atoms. The Bertz CT molecular complexity index is 1180. The van der Waals surface area contributed by atoms with Crippen molar-refractivity contribution >= 4 is 59.1 Å². The zero-order valence-corrected chi connectivity index (χ0v) is 26.5. The summed E-state index contributed by atoms with van der Waals surface area (Å²) in [6.07, 6.45) is 0. The molecule has 0 heterocycles. The first-order valence-corrected chi connectivity index (χ1v) is 13.6. The molecule has 0 aromatic heterocycles. The molecule has 0 fully saturated rings. The summed E-state index contributed by atoms with van der Waals surface area (Å²) in [5.74, 6) is -6.35. The van der Waals surface area contributed by atoms with Gasteiger partial charge < -0.3 is 57.2 Å². The summed E-state index contributed by atoms with van der Waals surface area (Å²) in [5, 5.41) is 9.22. The molecule has 21 heteroatoms. The van der Waals surface area contributed by atoms with Crippen LogP contribution in [0.4, 0.5) is 0 Å². The molecule has 0 aromatic rings. The standard InChI is InChI=1S/C25H43N11O10/c1-32(11-16(27)37)22(43)7-28-18(39)13-34(3)24(45)9-30-20(41)15-36(5)25(46)10-31-19(40)14-35(4)23(44)8-29-17(38)12-33(2)21(42)6-26/h6-15,26H2,1-5H3,(H2,27,37)(H,28,39)(H,29,38)(H,30,41)(H,31,40). The number of nitrogens with two attached hydrogens (primary N) is 2. The van der Waals surface area contributed by atoms with Crippen LogP contribution in [0.2, 0.25) is 0 Å². The van der Waals surface area contributed by atoms with E-state index in [1.807, 2.05) is 0 Å². The third-order valence-electron chi connectivity index (χ3n) is 5.97. The first kappa shape index (κ1) is 40.7. The van der Waals surface area contributed by atoms with E-state index in [1.165, 1.54) is 35.2 Å². The number of carbonyl (C=O) groups excluding carboxylic acids is 10. The zero-order chi connectivity index (χ0) is 35.6. The van der Waals surface area contributed by atoms with Gasteiger partial charge in [0, 0.05) is 35.2 Å². The number of likely N-dealkylation sites (N-methyl/N-ethyl adjacent to an activating group) is 5. The fourth-order valence-electron chi connectivity index (χ4n) is 3.15. The van der Waals surface area contributed by atoms with Gasteiger partial charge in [-0.1, -0.05) is 0 Å². The van der Waals surface area contributed by atoms with Crippen molar-refractivity contribution in [3.8, 4) is 0 Å². The molecule has 0 aliphatic carbocycles. The lowest BCUT2D eigenvalue weighted by Gasteiger charge is -2.20. The highest BCUT2D eigenvalue weighted by Gasteiger charge is 2.20. The Hall–Kier alpha value is -5.34. The number of hydrogen-bond donors (Lipinski definition) is 6. The van der Waals surface area contributed by atoms with Gasteiger partial charge in [-0.15, -0.1) is 0 Å². The molecule has 8 N–H and O–H groups in total. The summed E-state index contributed by atoms with van der Waals surface area (Å²) in [4.78, 5) is 124. The quantitative estimate of drug-likeness (QED) is 0.0758. The van der Waals surface area contributed by atoms with Crippen molar-refractivity contribution in [3.63, 3.8) is 0 Å². The van der Waals surface area contributed by atoms with Gasteiger partial charge in [0.1, 0.15) is 0 Å². The van der Waals surface area contributed by atoms with Crippen molar-refractivity contribution in [2.24, 2.45) is 11.5 Å². The minimum absolute atomic E-state index is 0.275. The van der Waals surface area contributed by atoms with Gasteiger partial charge in [0.05, 0.1) is 65.4 Å². The Morgan fingerprint density at radius 3 is 0.848 bits per heavy atom. The number of nitrogens with zero attached hydrogens (tertiary/aromatic N) is 5. The highest BCUT2D eigenvalue weighted by Crippen LogP contribution is 1.90. The topological polar surface area (TPSA) is 287 Å². The molecular formula is C25H43N11O10. The van der Waals surface area contributed by atoms with E-state index < -0.39 is 105 Å². The van der Waals surface area contributed by atoms with Gasteiger partial charge in [0.15, 0.2) is 0 Å². The lowest BCUT2D eigenvalue weighted by atomic mass is 10.4. The van der Waals surface area contributed by atoms with Crippen molar-refractivity contribution in [3.05, 3.63) is 0 Å². The predicted octanol–water partition coefficient (Wildman–Crippen LogP) is -7.81. The maximum absolute atomic E-state index is 12.3. The van der Waals surface area contributed by atoms with Crippen LogP contribution in [0.3, 0.4) is 0 Å². The molecule has 258 valence electrons. The molecular weight excluding hydrogens is 614 g/mol. The van der Waals surface area contributed by atoms with Crippen molar-refractivity contribution in [1.29, 1.82) is 0 Å². The van der Waals surface area contributed by atoms with Gasteiger partial charge in [-0.05, 0) is 0 Å². The second-order valence-corrected chi connectivity index (χ2v) is 10.0. The van der Waals surface area contributed by atoms with Crippen LogP contribution in [0.25, 0.3) is 0 Å². The lowest BCUT2D eigenvalue weighted by molar-refractivity contribution is -0.138. The Morgan fingerprint density at radius 1 is 0.413 bits per heavy atom. The van der Waals surface area contributed by atoms with Crippen LogP contribution in [-0.2, 0) is 47.9 Å². The monoisotopic (exact) mass is 657 g/mol. The first-order valence-electron chi connectivity index (χ1n) is 13.6. The van der Waals surface area contributed by atoms with Crippen LogP contribution in [0.5, 0.6) is 0 Å². The van der Waals surface area contributed by atoms with Crippen LogP contribution in [0, 0.1) is 0 Å². The molecule has 0 radical (unpaired) electrons. The van der Waals surface area contributed by atoms with Crippen molar-refractivity contribution in [2.45, 2.75) is 0 Å². The number of carbonyl (C=O) groups is 10. The Morgan fingerprint density at radius 2 is 0.630 bits per heavy atom. The third-order valence-corrected chi connectivity index (χ3v) is 5.97. The van der Waals surface area contributed by atoms with Gasteiger partial charge in [0.25, 0.3) is 0 Å². The molecule has 10 amide bonds. The molecule has 0 aromatic carbocycles. The van der Waals surface area contributed by atoms with E-state index in [9.17, 15) is 47.9 Å². The molecule has 0 rings (SSSR count). The molecule has 0 unspecified atom stereocenters. The van der Waals surface area contributed by atoms with Crippen LogP contribution in [0.1, 0.15) is 0 Å². The predicted molar refractivity (Wildman–Crippen MR) is 158 cm³/mol. The van der Waals surface area contributed by atoms with Gasteiger partial charge in [0.2, 0.25) is 59.1 Å². The van der Waals surface area contributed by atoms with Crippen molar-refractivity contribution in [1.82, 2.24) is 45.8 Å². The van der Waals surface area contributed by atoms with E-state index in [2.05, 4.69) is 21.3 Å². The van der Waals surface area contributed by atoms with Crippen LogP contribution in [0.15, 0.2) is 0 Å². The maximum atomic E-state index is 12.3. The molecule has 0 atom stereocenters. The van der Waals surface area contributed by atoms with Gasteiger partial charge >= 0.3 is 0 Å². The van der Waals surface area contributed by atoms with Crippen LogP contribution in [-0.4, -0.2) is 184 Å². The van der Waals surface area contributed by atoms with E-state index in [0.717, 1.165) is 24.5 Å². The molecule has 21 nitrogen and oxygen atoms in total. The Labute approximate surface area is 265 Å². The Kier molecular flexibility index (Phi) is 18.2. The fourth-order valence-corrected chi connectivity index (χ4v) is 3.15. The number of primary amides is 1. The summed E-state index contributed by atoms with van der Waals surface area (Å²) < 4.78 is 0. The van der Waals surface area contributed by atoms with E-state index in [1.54, 1.807) is 0 Å².